The van der Waals surface area contributed by atoms with Crippen LogP contribution in [0.15, 0.2) is 35.4 Å². The average Bonchev–Trinajstić information content (AvgIpc) is 2.92. The first kappa shape index (κ1) is 20.4. The van der Waals surface area contributed by atoms with E-state index < -0.39 is 10.0 Å². The van der Waals surface area contributed by atoms with Gasteiger partial charge in [-0.05, 0) is 49.9 Å². The van der Waals surface area contributed by atoms with Gasteiger partial charge in [0, 0.05) is 43.3 Å². The van der Waals surface area contributed by atoms with Crippen LogP contribution in [0.4, 0.5) is 0 Å². The van der Waals surface area contributed by atoms with E-state index in [0.717, 1.165) is 49.4 Å². The summed E-state index contributed by atoms with van der Waals surface area (Å²) in [6.45, 7) is 0.746. The molecule has 158 valence electrons. The Morgan fingerprint density at radius 3 is 2.55 bits per heavy atom. The van der Waals surface area contributed by atoms with E-state index in [1.165, 1.54) is 17.1 Å². The zero-order valence-corrected chi connectivity index (χ0v) is 18.0. The minimum atomic E-state index is -3.61. The number of nitrogens with one attached hydrogen (secondary N) is 1. The molecule has 0 spiro atoms. The molecule has 0 radical (unpaired) electrons. The fraction of sp³-hybridized carbons (Fsp3) is 0.591. The summed E-state index contributed by atoms with van der Waals surface area (Å²) >= 11 is 0. The fourth-order valence-electron chi connectivity index (χ4n) is 4.69. The topological polar surface area (TPSA) is 71.4 Å². The van der Waals surface area contributed by atoms with Crippen molar-refractivity contribution in [3.8, 4) is 0 Å². The molecule has 4 rings (SSSR count). The molecule has 1 aliphatic heterocycles. The van der Waals surface area contributed by atoms with Gasteiger partial charge in [0.1, 0.15) is 0 Å². The summed E-state index contributed by atoms with van der Waals surface area (Å²) in [5.74, 6) is -0.238. The van der Waals surface area contributed by atoms with Crippen LogP contribution in [-0.4, -0.2) is 42.3 Å². The van der Waals surface area contributed by atoms with Gasteiger partial charge in [0.25, 0.3) is 0 Å². The van der Waals surface area contributed by atoms with Gasteiger partial charge in [0.05, 0.1) is 10.8 Å². The van der Waals surface area contributed by atoms with Gasteiger partial charge in [-0.25, -0.2) is 8.42 Å². The maximum atomic E-state index is 13.2. The van der Waals surface area contributed by atoms with E-state index in [4.69, 9.17) is 0 Å². The van der Waals surface area contributed by atoms with E-state index in [1.54, 1.807) is 12.1 Å². The van der Waals surface area contributed by atoms with Gasteiger partial charge >= 0.3 is 0 Å². The van der Waals surface area contributed by atoms with Crippen LogP contribution in [0, 0.1) is 5.92 Å². The van der Waals surface area contributed by atoms with Crippen molar-refractivity contribution < 1.29 is 13.2 Å². The molecule has 2 fully saturated rings. The van der Waals surface area contributed by atoms with Gasteiger partial charge in [-0.2, -0.15) is 4.31 Å². The number of nitrogens with zero attached hydrogens (tertiary/aromatic N) is 2. The number of hydrogen-bond acceptors (Lipinski definition) is 3. The molecule has 2 aromatic rings. The maximum Gasteiger partial charge on any atom is 0.243 e. The number of sulfonamides is 1. The van der Waals surface area contributed by atoms with E-state index in [2.05, 4.69) is 5.32 Å². The van der Waals surface area contributed by atoms with E-state index in [9.17, 15) is 13.2 Å². The van der Waals surface area contributed by atoms with Crippen LogP contribution in [0.2, 0.25) is 0 Å². The number of benzene rings is 1. The predicted octanol–water partition coefficient (Wildman–Crippen LogP) is 3.42. The fourth-order valence-corrected chi connectivity index (χ4v) is 6.25. The molecule has 6 nitrogen and oxygen atoms in total. The Labute approximate surface area is 173 Å². The molecular formula is C22H31N3O3S. The van der Waals surface area contributed by atoms with E-state index >= 15 is 0 Å². The number of carbonyl (C=O) groups is 1. The highest BCUT2D eigenvalue weighted by Gasteiger charge is 2.34. The lowest BCUT2D eigenvalue weighted by atomic mass is 9.97. The van der Waals surface area contributed by atoms with Crippen LogP contribution in [0.5, 0.6) is 0 Å². The minimum Gasteiger partial charge on any atom is -0.353 e. The average molecular weight is 418 g/mol. The molecule has 1 aromatic heterocycles. The predicted molar refractivity (Wildman–Crippen MR) is 114 cm³/mol. The lowest BCUT2D eigenvalue weighted by Crippen LogP contribution is -2.47. The van der Waals surface area contributed by atoms with Crippen molar-refractivity contribution in [1.29, 1.82) is 0 Å². The summed E-state index contributed by atoms with van der Waals surface area (Å²) in [5.41, 5.74) is 1.00. The van der Waals surface area contributed by atoms with Gasteiger partial charge in [0.15, 0.2) is 0 Å². The molecule has 1 saturated heterocycles. The van der Waals surface area contributed by atoms with Crippen molar-refractivity contribution >= 4 is 26.8 Å². The highest BCUT2D eigenvalue weighted by molar-refractivity contribution is 7.89. The SMILES string of the molecule is Cn1ccc2cc(S(=O)(=O)N3CCC[C@@H](C(=O)NC4CCCCCC4)C3)ccc21. The third kappa shape index (κ3) is 4.36. The Morgan fingerprint density at radius 1 is 1.03 bits per heavy atom. The molecule has 2 heterocycles. The van der Waals surface area contributed by atoms with Crippen molar-refractivity contribution in [2.24, 2.45) is 13.0 Å². The van der Waals surface area contributed by atoms with Crippen molar-refractivity contribution in [3.63, 3.8) is 0 Å². The van der Waals surface area contributed by atoms with Crippen LogP contribution in [-0.2, 0) is 21.9 Å². The second-order valence-electron chi connectivity index (χ2n) is 8.55. The second-order valence-corrected chi connectivity index (χ2v) is 10.5. The molecule has 0 unspecified atom stereocenters. The third-order valence-corrected chi connectivity index (χ3v) is 8.31. The number of hydrogen-bond donors (Lipinski definition) is 1. The number of amides is 1. The highest BCUT2D eigenvalue weighted by atomic mass is 32.2. The summed E-state index contributed by atoms with van der Waals surface area (Å²) in [4.78, 5) is 13.1. The monoisotopic (exact) mass is 417 g/mol. The van der Waals surface area contributed by atoms with Crippen LogP contribution in [0.1, 0.15) is 51.4 Å². The quantitative estimate of drug-likeness (QED) is 0.775. The van der Waals surface area contributed by atoms with Crippen LogP contribution in [0.3, 0.4) is 0 Å². The molecule has 1 aromatic carbocycles. The van der Waals surface area contributed by atoms with E-state index in [1.807, 2.05) is 29.9 Å². The van der Waals surface area contributed by atoms with Crippen molar-refractivity contribution in [3.05, 3.63) is 30.5 Å². The lowest BCUT2D eigenvalue weighted by Gasteiger charge is -2.32. The number of rotatable bonds is 4. The highest BCUT2D eigenvalue weighted by Crippen LogP contribution is 2.27. The third-order valence-electron chi connectivity index (χ3n) is 6.45. The summed E-state index contributed by atoms with van der Waals surface area (Å²) in [7, 11) is -1.66. The Morgan fingerprint density at radius 2 is 1.79 bits per heavy atom. The van der Waals surface area contributed by atoms with Crippen molar-refractivity contribution in [2.45, 2.75) is 62.3 Å². The first-order chi connectivity index (χ1) is 13.9. The van der Waals surface area contributed by atoms with Gasteiger partial charge in [-0.1, -0.05) is 25.7 Å². The van der Waals surface area contributed by atoms with E-state index in [-0.39, 0.29) is 24.4 Å². The van der Waals surface area contributed by atoms with Gasteiger partial charge in [-0.3, -0.25) is 4.79 Å². The summed E-state index contributed by atoms with van der Waals surface area (Å²) in [6, 6.07) is 7.43. The normalized spacial score (nSPS) is 22.4. The summed E-state index contributed by atoms with van der Waals surface area (Å²) < 4.78 is 29.9. The molecule has 1 aliphatic carbocycles. The maximum absolute atomic E-state index is 13.2. The summed E-state index contributed by atoms with van der Waals surface area (Å²) in [6.07, 6.45) is 10.3. The molecule has 29 heavy (non-hydrogen) atoms. The standard InChI is InChI=1S/C22H31N3O3S/c1-24-14-12-17-15-20(10-11-21(17)24)29(27,28)25-13-6-7-18(16-25)22(26)23-19-8-4-2-3-5-9-19/h10-12,14-15,18-19H,2-9,13,16H2,1H3,(H,23,26)/t18-/m1/s1. The summed E-state index contributed by atoms with van der Waals surface area (Å²) in [5, 5.41) is 4.11. The number of aryl methyl sites for hydroxylation is 1. The molecule has 1 amide bonds. The van der Waals surface area contributed by atoms with Crippen molar-refractivity contribution in [1.82, 2.24) is 14.2 Å². The first-order valence-corrected chi connectivity index (χ1v) is 12.2. The molecule has 2 aliphatic rings. The zero-order valence-electron chi connectivity index (χ0n) is 17.1. The molecule has 1 atom stereocenters. The number of piperidine rings is 1. The molecule has 1 saturated carbocycles. The Bertz CT molecular complexity index is 974. The van der Waals surface area contributed by atoms with Crippen LogP contribution < -0.4 is 5.32 Å². The van der Waals surface area contributed by atoms with Crippen molar-refractivity contribution in [2.75, 3.05) is 13.1 Å². The van der Waals surface area contributed by atoms with E-state index in [0.29, 0.717) is 11.4 Å². The first-order valence-electron chi connectivity index (χ1n) is 10.8. The minimum absolute atomic E-state index is 0.0234. The Balaban J connectivity index is 1.46. The Hall–Kier alpha value is -1.86. The van der Waals surface area contributed by atoms with Gasteiger partial charge in [-0.15, -0.1) is 0 Å². The molecule has 7 heteroatoms. The number of carbonyl (C=O) groups excluding carboxylic acids is 1. The number of fused-ring (bicyclic) bond motifs is 1. The molecule has 1 N–H and O–H groups in total. The van der Waals surface area contributed by atoms with Gasteiger partial charge in [0.2, 0.25) is 15.9 Å². The molecule has 0 bridgehead atoms. The lowest BCUT2D eigenvalue weighted by molar-refractivity contribution is -0.126. The second kappa shape index (κ2) is 8.48. The van der Waals surface area contributed by atoms with Crippen LogP contribution >= 0.6 is 0 Å². The largest absolute Gasteiger partial charge is 0.353 e. The smallest absolute Gasteiger partial charge is 0.243 e. The zero-order chi connectivity index (χ0) is 20.4. The van der Waals surface area contributed by atoms with Gasteiger partial charge < -0.3 is 9.88 Å². The molecular weight excluding hydrogens is 386 g/mol. The van der Waals surface area contributed by atoms with Crippen LogP contribution in [0.25, 0.3) is 10.9 Å². The Kier molecular flexibility index (Phi) is 5.97. The number of aromatic nitrogens is 1.